The molecule has 8 heteroatoms. The lowest BCUT2D eigenvalue weighted by atomic mass is 10.1. The first-order chi connectivity index (χ1) is 11.3. The summed E-state index contributed by atoms with van der Waals surface area (Å²) in [5, 5.41) is 2.87. The summed E-state index contributed by atoms with van der Waals surface area (Å²) in [4.78, 5) is 15.1. The summed E-state index contributed by atoms with van der Waals surface area (Å²) in [6.07, 6.45) is 0. The highest BCUT2D eigenvalue weighted by atomic mass is 32.2. The quantitative estimate of drug-likeness (QED) is 0.758. The predicted molar refractivity (Wildman–Crippen MR) is 92.1 cm³/mol. The second-order valence-corrected chi connectivity index (χ2v) is 9.03. The van der Waals surface area contributed by atoms with Gasteiger partial charge in [-0.05, 0) is 18.2 Å². The van der Waals surface area contributed by atoms with Crippen molar-refractivity contribution in [3.63, 3.8) is 0 Å². The number of amides is 1. The fourth-order valence-corrected chi connectivity index (χ4v) is 4.37. The van der Waals surface area contributed by atoms with Crippen LogP contribution in [-0.2, 0) is 14.8 Å². The van der Waals surface area contributed by atoms with Gasteiger partial charge in [0.15, 0.2) is 6.54 Å². The smallest absolute Gasteiger partial charge is 0.279 e. The Balaban J connectivity index is 1.69. The predicted octanol–water partition coefficient (Wildman–Crippen LogP) is 0.0214. The van der Waals surface area contributed by atoms with Gasteiger partial charge in [-0.15, -0.1) is 0 Å². The Morgan fingerprint density at radius 2 is 1.83 bits per heavy atom. The SMILES string of the molecule is CN(C)S(=O)(=O)c1cccc(NC(=O)C[N+]23CCN(CC2)CC3)c1. The minimum absolute atomic E-state index is 0.0512. The number of nitrogens with one attached hydrogen (secondary N) is 1. The Kier molecular flexibility index (Phi) is 4.65. The third kappa shape index (κ3) is 3.46. The average Bonchev–Trinajstić information content (AvgIpc) is 2.56. The van der Waals surface area contributed by atoms with E-state index in [-0.39, 0.29) is 10.8 Å². The third-order valence-electron chi connectivity index (χ3n) is 5.05. The number of hydrogen-bond donors (Lipinski definition) is 1. The molecule has 7 nitrogen and oxygen atoms in total. The molecule has 3 aliphatic rings. The summed E-state index contributed by atoms with van der Waals surface area (Å²) in [5.41, 5.74) is 0.525. The molecule has 0 unspecified atom stereocenters. The van der Waals surface area contributed by atoms with Crippen molar-refractivity contribution in [2.24, 2.45) is 0 Å². The van der Waals surface area contributed by atoms with Crippen LogP contribution in [0.2, 0.25) is 0 Å². The number of carbonyl (C=O) groups excluding carboxylic acids is 1. The number of anilines is 1. The van der Waals surface area contributed by atoms with Gasteiger partial charge in [0.25, 0.3) is 5.91 Å². The molecule has 0 aromatic heterocycles. The molecule has 24 heavy (non-hydrogen) atoms. The molecule has 1 N–H and O–H groups in total. The minimum atomic E-state index is -3.50. The van der Waals surface area contributed by atoms with Crippen molar-refractivity contribution >= 4 is 21.6 Å². The maximum absolute atomic E-state index is 12.5. The Bertz CT molecular complexity index is 711. The molecule has 3 heterocycles. The minimum Gasteiger partial charge on any atom is -0.321 e. The first kappa shape index (κ1) is 17.3. The molecule has 0 saturated carbocycles. The van der Waals surface area contributed by atoms with Crippen LogP contribution < -0.4 is 5.32 Å². The molecule has 0 aliphatic carbocycles. The van der Waals surface area contributed by atoms with Crippen LogP contribution in [0.1, 0.15) is 0 Å². The lowest BCUT2D eigenvalue weighted by Crippen LogP contribution is -2.68. The molecule has 2 bridgehead atoms. The monoisotopic (exact) mass is 353 g/mol. The summed E-state index contributed by atoms with van der Waals surface area (Å²) < 4.78 is 26.4. The molecule has 1 amide bonds. The third-order valence-corrected chi connectivity index (χ3v) is 6.86. The van der Waals surface area contributed by atoms with Crippen molar-refractivity contribution < 1.29 is 17.7 Å². The van der Waals surface area contributed by atoms with E-state index in [1.54, 1.807) is 12.1 Å². The van der Waals surface area contributed by atoms with Gasteiger partial charge in [-0.2, -0.15) is 0 Å². The van der Waals surface area contributed by atoms with E-state index in [0.717, 1.165) is 43.8 Å². The van der Waals surface area contributed by atoms with Crippen LogP contribution in [-0.4, -0.2) is 87.9 Å². The Morgan fingerprint density at radius 1 is 1.21 bits per heavy atom. The normalized spacial score (nSPS) is 26.5. The van der Waals surface area contributed by atoms with Crippen molar-refractivity contribution in [1.82, 2.24) is 9.21 Å². The van der Waals surface area contributed by atoms with Crippen LogP contribution in [0.15, 0.2) is 29.2 Å². The largest absolute Gasteiger partial charge is 0.321 e. The van der Waals surface area contributed by atoms with Crippen molar-refractivity contribution in [1.29, 1.82) is 0 Å². The van der Waals surface area contributed by atoms with E-state index in [1.165, 1.54) is 30.5 Å². The van der Waals surface area contributed by atoms with Gasteiger partial charge in [0.05, 0.1) is 24.5 Å². The molecule has 1 aromatic carbocycles. The number of fused-ring (bicyclic) bond motifs is 3. The van der Waals surface area contributed by atoms with Gasteiger partial charge in [-0.3, -0.25) is 9.69 Å². The summed E-state index contributed by atoms with van der Waals surface area (Å²) >= 11 is 0. The number of rotatable bonds is 5. The molecule has 0 spiro atoms. The second-order valence-electron chi connectivity index (χ2n) is 6.88. The summed E-state index contributed by atoms with van der Waals surface area (Å²) in [7, 11) is -0.515. The van der Waals surface area contributed by atoms with Crippen LogP contribution >= 0.6 is 0 Å². The molecular formula is C16H25N4O3S+. The van der Waals surface area contributed by atoms with Crippen LogP contribution in [0.25, 0.3) is 0 Å². The number of carbonyl (C=O) groups is 1. The van der Waals surface area contributed by atoms with Gasteiger partial charge in [-0.25, -0.2) is 12.7 Å². The van der Waals surface area contributed by atoms with Crippen LogP contribution in [0, 0.1) is 0 Å². The lowest BCUT2D eigenvalue weighted by Gasteiger charge is -2.50. The highest BCUT2D eigenvalue weighted by Crippen LogP contribution is 2.21. The van der Waals surface area contributed by atoms with Crippen molar-refractivity contribution in [3.8, 4) is 0 Å². The molecular weight excluding hydrogens is 328 g/mol. The van der Waals surface area contributed by atoms with Gasteiger partial charge in [0.1, 0.15) is 0 Å². The maximum atomic E-state index is 12.5. The first-order valence-corrected chi connectivity index (χ1v) is 9.65. The van der Waals surface area contributed by atoms with E-state index in [1.807, 2.05) is 0 Å². The van der Waals surface area contributed by atoms with Crippen LogP contribution in [0.4, 0.5) is 5.69 Å². The van der Waals surface area contributed by atoms with Crippen molar-refractivity contribution in [2.45, 2.75) is 4.90 Å². The molecule has 0 radical (unpaired) electrons. The molecule has 3 fully saturated rings. The molecule has 0 atom stereocenters. The highest BCUT2D eigenvalue weighted by Gasteiger charge is 2.39. The number of quaternary nitrogens is 1. The number of sulfonamides is 1. The molecule has 3 saturated heterocycles. The number of hydrogen-bond acceptors (Lipinski definition) is 4. The first-order valence-electron chi connectivity index (χ1n) is 8.21. The van der Waals surface area contributed by atoms with E-state index in [4.69, 9.17) is 0 Å². The van der Waals surface area contributed by atoms with Gasteiger partial charge in [0.2, 0.25) is 10.0 Å². The van der Waals surface area contributed by atoms with Crippen LogP contribution in [0.3, 0.4) is 0 Å². The van der Waals surface area contributed by atoms with Gasteiger partial charge in [0, 0.05) is 39.4 Å². The standard InChI is InChI=1S/C16H24N4O3S/c1-18(2)24(22,23)15-5-3-4-14(12-15)17-16(21)13-20-9-6-19(7-10-20)8-11-20/h3-5,12H,6-11,13H2,1-2H3/p+1. The molecule has 4 rings (SSSR count). The van der Waals surface area contributed by atoms with Crippen molar-refractivity contribution in [2.75, 3.05) is 65.2 Å². The van der Waals surface area contributed by atoms with E-state index < -0.39 is 10.0 Å². The summed E-state index contributed by atoms with van der Waals surface area (Å²) in [5.74, 6) is -0.0512. The zero-order chi connectivity index (χ0) is 17.4. The van der Waals surface area contributed by atoms with E-state index in [9.17, 15) is 13.2 Å². The summed E-state index contributed by atoms with van der Waals surface area (Å²) in [6, 6.07) is 6.43. The Morgan fingerprint density at radius 3 is 2.42 bits per heavy atom. The van der Waals surface area contributed by atoms with Crippen molar-refractivity contribution in [3.05, 3.63) is 24.3 Å². The van der Waals surface area contributed by atoms with Gasteiger partial charge >= 0.3 is 0 Å². The number of nitrogens with zero attached hydrogens (tertiary/aromatic N) is 3. The average molecular weight is 353 g/mol. The number of benzene rings is 1. The fraction of sp³-hybridized carbons (Fsp3) is 0.562. The van der Waals surface area contributed by atoms with Gasteiger partial charge < -0.3 is 9.80 Å². The topological polar surface area (TPSA) is 69.7 Å². The summed E-state index contributed by atoms with van der Waals surface area (Å²) in [6.45, 7) is 6.68. The lowest BCUT2D eigenvalue weighted by molar-refractivity contribution is -0.933. The van der Waals surface area contributed by atoms with E-state index >= 15 is 0 Å². The van der Waals surface area contributed by atoms with E-state index in [2.05, 4.69) is 10.2 Å². The maximum Gasteiger partial charge on any atom is 0.279 e. The highest BCUT2D eigenvalue weighted by molar-refractivity contribution is 7.89. The van der Waals surface area contributed by atoms with Crippen LogP contribution in [0.5, 0.6) is 0 Å². The Hall–Kier alpha value is -1.48. The zero-order valence-corrected chi connectivity index (χ0v) is 15.1. The fourth-order valence-electron chi connectivity index (χ4n) is 3.42. The molecule has 132 valence electrons. The molecule has 1 aromatic rings. The second kappa shape index (κ2) is 6.44. The van der Waals surface area contributed by atoms with E-state index in [0.29, 0.717) is 12.2 Å². The molecule has 3 aliphatic heterocycles. The Labute approximate surface area is 143 Å². The number of piperazine rings is 3. The zero-order valence-electron chi connectivity index (χ0n) is 14.2. The van der Waals surface area contributed by atoms with Gasteiger partial charge in [-0.1, -0.05) is 6.07 Å².